The molecule has 1 aromatic carbocycles. The van der Waals surface area contributed by atoms with E-state index in [-0.39, 0.29) is 5.95 Å². The number of nitrogens with two attached hydrogens (primary N) is 1. The Labute approximate surface area is 182 Å². The van der Waals surface area contributed by atoms with Crippen molar-refractivity contribution in [3.05, 3.63) is 54.5 Å². The molecule has 7 heteroatoms. The molecule has 0 bridgehead atoms. The molecule has 1 fully saturated rings. The topological polar surface area (TPSA) is 85.8 Å². The molecule has 0 radical (unpaired) electrons. The average Bonchev–Trinajstić information content (AvgIpc) is 3.14. The van der Waals surface area contributed by atoms with Crippen LogP contribution in [0.1, 0.15) is 24.8 Å². The van der Waals surface area contributed by atoms with Gasteiger partial charge in [-0.2, -0.15) is 4.98 Å². The van der Waals surface area contributed by atoms with Crippen molar-refractivity contribution in [2.75, 3.05) is 25.4 Å². The number of hydrogen-bond donors (Lipinski definition) is 1. The summed E-state index contributed by atoms with van der Waals surface area (Å²) < 4.78 is 1.96. The van der Waals surface area contributed by atoms with Crippen LogP contribution in [-0.2, 0) is 13.5 Å². The summed E-state index contributed by atoms with van der Waals surface area (Å²) in [6.45, 7) is 3.62. The third-order valence-corrected chi connectivity index (χ3v) is 6.12. The summed E-state index contributed by atoms with van der Waals surface area (Å²) in [5, 5.41) is 0. The number of likely N-dealkylation sites (tertiary alicyclic amines) is 1. The van der Waals surface area contributed by atoms with E-state index in [4.69, 9.17) is 10.7 Å². The predicted molar refractivity (Wildman–Crippen MR) is 123 cm³/mol. The fraction of sp³-hybridized carbons (Fsp3) is 0.333. The molecule has 2 N–H and O–H groups in total. The zero-order chi connectivity index (χ0) is 21.2. The summed E-state index contributed by atoms with van der Waals surface area (Å²) >= 11 is 0. The van der Waals surface area contributed by atoms with Gasteiger partial charge in [0.2, 0.25) is 5.95 Å². The summed E-state index contributed by atoms with van der Waals surface area (Å²) in [6, 6.07) is 10.8. The number of fused-ring (bicyclic) bond motifs is 1. The highest BCUT2D eigenvalue weighted by Crippen LogP contribution is 2.32. The maximum atomic E-state index is 5.77. The first kappa shape index (κ1) is 19.6. The summed E-state index contributed by atoms with van der Waals surface area (Å²) in [7, 11) is 1.95. The van der Waals surface area contributed by atoms with Crippen molar-refractivity contribution < 1.29 is 0 Å². The number of hydrogen-bond acceptors (Lipinski definition) is 6. The van der Waals surface area contributed by atoms with Crippen molar-refractivity contribution in [3.8, 4) is 22.5 Å². The van der Waals surface area contributed by atoms with Crippen LogP contribution in [0.5, 0.6) is 0 Å². The number of aromatic nitrogens is 5. The molecule has 4 heterocycles. The first-order valence-corrected chi connectivity index (χ1v) is 10.9. The monoisotopic (exact) mass is 413 g/mol. The number of pyridine rings is 1. The Hall–Kier alpha value is -3.32. The van der Waals surface area contributed by atoms with E-state index in [0.717, 1.165) is 46.6 Å². The molecule has 0 unspecified atom stereocenters. The van der Waals surface area contributed by atoms with Gasteiger partial charge in [0.25, 0.3) is 0 Å². The summed E-state index contributed by atoms with van der Waals surface area (Å²) in [4.78, 5) is 20.1. The Kier molecular flexibility index (Phi) is 5.34. The zero-order valence-electron chi connectivity index (χ0n) is 17.8. The lowest BCUT2D eigenvalue weighted by Gasteiger charge is -2.26. The fourth-order valence-electron chi connectivity index (χ4n) is 4.38. The van der Waals surface area contributed by atoms with E-state index in [0.29, 0.717) is 0 Å². The zero-order valence-corrected chi connectivity index (χ0v) is 17.8. The maximum absolute atomic E-state index is 5.77. The Morgan fingerprint density at radius 1 is 0.935 bits per heavy atom. The molecule has 7 nitrogen and oxygen atoms in total. The second kappa shape index (κ2) is 8.43. The van der Waals surface area contributed by atoms with E-state index in [9.17, 15) is 0 Å². The minimum absolute atomic E-state index is 0.247. The number of piperidine rings is 1. The quantitative estimate of drug-likeness (QED) is 0.537. The number of nitrogen functional groups attached to an aromatic ring is 1. The van der Waals surface area contributed by atoms with Crippen molar-refractivity contribution >= 4 is 17.1 Å². The van der Waals surface area contributed by atoms with Gasteiger partial charge in [-0.15, -0.1) is 0 Å². The Balaban J connectivity index is 1.42. The first-order valence-electron chi connectivity index (χ1n) is 10.9. The fourth-order valence-corrected chi connectivity index (χ4v) is 4.38. The number of imidazole rings is 1. The lowest BCUT2D eigenvalue weighted by atomic mass is 9.99. The molecule has 158 valence electrons. The third kappa shape index (κ3) is 4.01. The van der Waals surface area contributed by atoms with Gasteiger partial charge in [0.05, 0.1) is 6.20 Å². The van der Waals surface area contributed by atoms with Crippen LogP contribution in [0.25, 0.3) is 33.7 Å². The smallest absolute Gasteiger partial charge is 0.222 e. The number of nitrogens with zero attached hydrogens (tertiary/aromatic N) is 6. The molecular formula is C24H27N7. The summed E-state index contributed by atoms with van der Waals surface area (Å²) in [5.41, 5.74) is 11.8. The highest BCUT2D eigenvalue weighted by Gasteiger charge is 2.16. The highest BCUT2D eigenvalue weighted by atomic mass is 15.1. The molecule has 0 aliphatic carbocycles. The van der Waals surface area contributed by atoms with Crippen LogP contribution in [0.15, 0.2) is 48.9 Å². The van der Waals surface area contributed by atoms with Crippen LogP contribution < -0.4 is 5.73 Å². The van der Waals surface area contributed by atoms with Crippen LogP contribution in [0.4, 0.5) is 5.95 Å². The van der Waals surface area contributed by atoms with Crippen molar-refractivity contribution in [2.24, 2.45) is 7.05 Å². The van der Waals surface area contributed by atoms with Gasteiger partial charge in [0, 0.05) is 37.1 Å². The summed E-state index contributed by atoms with van der Waals surface area (Å²) in [5.74, 6) is 1.07. The van der Waals surface area contributed by atoms with Crippen molar-refractivity contribution in [2.45, 2.75) is 25.7 Å². The molecule has 0 amide bonds. The third-order valence-electron chi connectivity index (χ3n) is 6.12. The number of rotatable bonds is 5. The van der Waals surface area contributed by atoms with Gasteiger partial charge >= 0.3 is 0 Å². The molecule has 1 aliphatic heterocycles. The van der Waals surface area contributed by atoms with Gasteiger partial charge < -0.3 is 15.2 Å². The van der Waals surface area contributed by atoms with Crippen LogP contribution in [-0.4, -0.2) is 49.0 Å². The molecule has 5 rings (SSSR count). The molecule has 0 atom stereocenters. The minimum atomic E-state index is 0.247. The Morgan fingerprint density at radius 3 is 2.55 bits per heavy atom. The van der Waals surface area contributed by atoms with Gasteiger partial charge in [-0.25, -0.2) is 9.97 Å². The van der Waals surface area contributed by atoms with E-state index in [1.54, 1.807) is 12.4 Å². The largest absolute Gasteiger partial charge is 0.368 e. The molecular weight excluding hydrogens is 386 g/mol. The van der Waals surface area contributed by atoms with Gasteiger partial charge in [-0.05, 0) is 49.5 Å². The van der Waals surface area contributed by atoms with Crippen LogP contribution in [0, 0.1) is 0 Å². The molecule has 1 saturated heterocycles. The van der Waals surface area contributed by atoms with Crippen LogP contribution >= 0.6 is 0 Å². The molecule has 3 aromatic heterocycles. The minimum Gasteiger partial charge on any atom is -0.368 e. The standard InChI is InChI=1S/C24H27N7/c1-30-22(28-21-16-27-24(25)29-23(21)30)19-9-11-26-15-20(19)18-7-5-17(6-8-18)10-14-31-12-3-2-4-13-31/h5-9,11,15-16H,2-4,10,12-14H2,1H3,(H2,25,27,29). The second-order valence-corrected chi connectivity index (χ2v) is 8.20. The highest BCUT2D eigenvalue weighted by molar-refractivity contribution is 5.84. The number of anilines is 1. The number of benzene rings is 1. The Morgan fingerprint density at radius 2 is 1.74 bits per heavy atom. The lowest BCUT2D eigenvalue weighted by Crippen LogP contribution is -2.31. The maximum Gasteiger partial charge on any atom is 0.222 e. The lowest BCUT2D eigenvalue weighted by molar-refractivity contribution is 0.231. The first-order chi connectivity index (χ1) is 15.2. The Bertz CT molecular complexity index is 1190. The predicted octanol–water partition coefficient (Wildman–Crippen LogP) is 3.70. The average molecular weight is 414 g/mol. The van der Waals surface area contributed by atoms with Gasteiger partial charge in [-0.3, -0.25) is 4.98 Å². The van der Waals surface area contributed by atoms with E-state index < -0.39 is 0 Å². The van der Waals surface area contributed by atoms with Crippen molar-refractivity contribution in [3.63, 3.8) is 0 Å². The van der Waals surface area contributed by atoms with Gasteiger partial charge in [0.1, 0.15) is 11.3 Å². The summed E-state index contributed by atoms with van der Waals surface area (Å²) in [6.07, 6.45) is 10.5. The van der Waals surface area contributed by atoms with Gasteiger partial charge in [-0.1, -0.05) is 30.7 Å². The normalized spacial score (nSPS) is 14.9. The van der Waals surface area contributed by atoms with Gasteiger partial charge in [0.15, 0.2) is 5.65 Å². The molecule has 0 saturated carbocycles. The molecule has 4 aromatic rings. The van der Waals surface area contributed by atoms with E-state index >= 15 is 0 Å². The number of aryl methyl sites for hydroxylation is 1. The second-order valence-electron chi connectivity index (χ2n) is 8.20. The van der Waals surface area contributed by atoms with E-state index in [1.165, 1.54) is 37.9 Å². The molecule has 1 aliphatic rings. The molecule has 0 spiro atoms. The molecule has 31 heavy (non-hydrogen) atoms. The van der Waals surface area contributed by atoms with E-state index in [2.05, 4.69) is 44.1 Å². The SMILES string of the molecule is Cn1c(-c2ccncc2-c2ccc(CCN3CCCCC3)cc2)nc2cnc(N)nc21. The van der Waals surface area contributed by atoms with Crippen molar-refractivity contribution in [1.29, 1.82) is 0 Å². The van der Waals surface area contributed by atoms with Crippen LogP contribution in [0.3, 0.4) is 0 Å². The van der Waals surface area contributed by atoms with Crippen LogP contribution in [0.2, 0.25) is 0 Å². The van der Waals surface area contributed by atoms with E-state index in [1.807, 2.05) is 23.9 Å². The van der Waals surface area contributed by atoms with Crippen molar-refractivity contribution in [1.82, 2.24) is 29.4 Å².